The van der Waals surface area contributed by atoms with Crippen LogP contribution in [0.4, 0.5) is 0 Å². The summed E-state index contributed by atoms with van der Waals surface area (Å²) < 4.78 is 5.96. The number of hydrogen-bond acceptors (Lipinski definition) is 17. The van der Waals surface area contributed by atoms with Crippen molar-refractivity contribution in [3.8, 4) is 0 Å². The van der Waals surface area contributed by atoms with Gasteiger partial charge < -0.3 is 84.3 Å². The summed E-state index contributed by atoms with van der Waals surface area (Å²) in [6, 6.07) is -7.65. The van der Waals surface area contributed by atoms with E-state index in [0.29, 0.717) is 24.8 Å². The number of cyclic esters (lactones) is 1. The Morgan fingerprint density at radius 1 is 0.627 bits per heavy atom. The van der Waals surface area contributed by atoms with Crippen LogP contribution in [0.1, 0.15) is 182 Å². The molecular formula is C72H118N14O16. The number of likely N-dealkylation sites (tertiary alicyclic amines) is 1. The first kappa shape index (κ1) is 87.7. The molecule has 1 aromatic carbocycles. The Kier molecular flexibility index (Phi) is 36.2. The van der Waals surface area contributed by atoms with E-state index in [1.807, 2.05) is 0 Å². The number of allylic oxidation sites excluding steroid dienone is 1. The van der Waals surface area contributed by atoms with E-state index < -0.39 is 203 Å². The maximum absolute atomic E-state index is 15.0. The van der Waals surface area contributed by atoms with Gasteiger partial charge in [0.05, 0.1) is 6.10 Å². The quantitative estimate of drug-likeness (QED) is 0.0361. The topological polar surface area (TPSA) is 442 Å². The number of ether oxygens (including phenoxy) is 1. The van der Waals surface area contributed by atoms with Gasteiger partial charge in [0.15, 0.2) is 0 Å². The molecule has 2 saturated heterocycles. The molecule has 0 radical (unpaired) electrons. The van der Waals surface area contributed by atoms with Crippen LogP contribution in [-0.4, -0.2) is 191 Å². The molecule has 30 heteroatoms. The minimum Gasteiger partial charge on any atom is -0.458 e. The number of carbonyl (C=O) groups is 14. The van der Waals surface area contributed by atoms with Gasteiger partial charge in [0.2, 0.25) is 70.9 Å². The van der Waals surface area contributed by atoms with Crippen LogP contribution < -0.4 is 69.5 Å². The van der Waals surface area contributed by atoms with Gasteiger partial charge in [-0.25, -0.2) is 4.79 Å². The van der Waals surface area contributed by atoms with Crippen LogP contribution in [0, 0.1) is 41.4 Å². The van der Waals surface area contributed by atoms with Gasteiger partial charge in [-0.3, -0.25) is 62.3 Å². The molecule has 102 heavy (non-hydrogen) atoms. The van der Waals surface area contributed by atoms with Crippen molar-refractivity contribution in [2.24, 2.45) is 47.2 Å². The number of aliphatic hydroxyl groups is 1. The zero-order valence-electron chi connectivity index (χ0n) is 63.0. The van der Waals surface area contributed by atoms with E-state index in [9.17, 15) is 62.6 Å². The average molecular weight is 1440 g/mol. The zero-order chi connectivity index (χ0) is 77.2. The summed E-state index contributed by atoms with van der Waals surface area (Å²) in [5.41, 5.74) is 6.33. The maximum atomic E-state index is 15.0. The Morgan fingerprint density at radius 3 is 1.70 bits per heavy atom. The Hall–Kier alpha value is -8.54. The highest BCUT2D eigenvalue weighted by atomic mass is 16.5. The lowest BCUT2D eigenvalue weighted by Crippen LogP contribution is -2.64. The summed E-state index contributed by atoms with van der Waals surface area (Å²) in [6.45, 7) is 29.4. The fourth-order valence-corrected chi connectivity index (χ4v) is 11.7. The van der Waals surface area contributed by atoms with Crippen molar-refractivity contribution in [2.75, 3.05) is 13.1 Å². The molecule has 0 spiro atoms. The molecule has 0 bridgehead atoms. The van der Waals surface area contributed by atoms with E-state index >= 15 is 9.59 Å². The van der Waals surface area contributed by atoms with Crippen molar-refractivity contribution >= 4 is 82.8 Å². The zero-order valence-corrected chi connectivity index (χ0v) is 63.0. The molecule has 572 valence electrons. The molecule has 2 aliphatic heterocycles. The van der Waals surface area contributed by atoms with Gasteiger partial charge in [-0.2, -0.15) is 0 Å². The molecule has 1 aromatic rings. The summed E-state index contributed by atoms with van der Waals surface area (Å²) in [6.07, 6.45) is 0.114. The second-order valence-electron chi connectivity index (χ2n) is 28.6. The smallest absolute Gasteiger partial charge is 0.329 e. The molecule has 0 aliphatic carbocycles. The maximum Gasteiger partial charge on any atom is 0.329 e. The third-order valence-electron chi connectivity index (χ3n) is 18.6. The molecule has 13 amide bonds. The van der Waals surface area contributed by atoms with Crippen molar-refractivity contribution in [2.45, 2.75) is 267 Å². The minimum atomic E-state index is -1.83. The van der Waals surface area contributed by atoms with Gasteiger partial charge in [-0.15, -0.1) is 0 Å². The van der Waals surface area contributed by atoms with E-state index in [4.69, 9.17) is 10.5 Å². The van der Waals surface area contributed by atoms with Crippen LogP contribution in [0.2, 0.25) is 0 Å². The number of nitrogens with one attached hydrogen (secondary N) is 12. The molecule has 3 rings (SSSR count). The molecule has 15 N–H and O–H groups in total. The van der Waals surface area contributed by atoms with Crippen molar-refractivity contribution in [1.29, 1.82) is 0 Å². The molecule has 2 fully saturated rings. The Morgan fingerprint density at radius 2 is 1.17 bits per heavy atom. The summed E-state index contributed by atoms with van der Waals surface area (Å²) in [5.74, 6) is -15.5. The molecular weight excluding hydrogens is 1320 g/mol. The van der Waals surface area contributed by atoms with Crippen molar-refractivity contribution in [1.82, 2.24) is 68.7 Å². The second kappa shape index (κ2) is 42.1. The number of benzene rings is 1. The van der Waals surface area contributed by atoms with Gasteiger partial charge in [0.25, 0.3) is 5.91 Å². The molecule has 2 heterocycles. The number of nitrogens with zero attached hydrogens (tertiary/aromatic N) is 1. The van der Waals surface area contributed by atoms with Crippen LogP contribution in [-0.2, 0) is 78.3 Å². The summed E-state index contributed by atoms with van der Waals surface area (Å²) >= 11 is 0. The minimum absolute atomic E-state index is 0.0353. The summed E-state index contributed by atoms with van der Waals surface area (Å²) in [7, 11) is 0. The first-order valence-corrected chi connectivity index (χ1v) is 36.1. The van der Waals surface area contributed by atoms with Gasteiger partial charge in [0, 0.05) is 19.4 Å². The summed E-state index contributed by atoms with van der Waals surface area (Å²) in [5, 5.41) is 42.9. The van der Waals surface area contributed by atoms with Crippen LogP contribution in [0.5, 0.6) is 0 Å². The highest BCUT2D eigenvalue weighted by molar-refractivity contribution is 6.03. The first-order chi connectivity index (χ1) is 47.9. The van der Waals surface area contributed by atoms with Crippen molar-refractivity contribution in [3.63, 3.8) is 0 Å². The predicted molar refractivity (Wildman–Crippen MR) is 382 cm³/mol. The number of hydrogen-bond donors (Lipinski definition) is 14. The predicted octanol–water partition coefficient (Wildman–Crippen LogP) is 0.810. The van der Waals surface area contributed by atoms with Gasteiger partial charge in [-0.1, -0.05) is 153 Å². The lowest BCUT2D eigenvalue weighted by Gasteiger charge is -2.33. The van der Waals surface area contributed by atoms with Crippen molar-refractivity contribution in [3.05, 3.63) is 47.7 Å². The first-order valence-electron chi connectivity index (χ1n) is 36.1. The largest absolute Gasteiger partial charge is 0.458 e. The number of nitrogens with two attached hydrogens (primary N) is 1. The fraction of sp³-hybridized carbons (Fsp3) is 0.694. The van der Waals surface area contributed by atoms with E-state index in [1.54, 1.807) is 134 Å². The highest BCUT2D eigenvalue weighted by Gasteiger charge is 2.44. The van der Waals surface area contributed by atoms with Crippen LogP contribution >= 0.6 is 0 Å². The monoisotopic (exact) mass is 1430 g/mol. The second-order valence-corrected chi connectivity index (χ2v) is 28.6. The van der Waals surface area contributed by atoms with Crippen LogP contribution in [0.15, 0.2) is 42.1 Å². The summed E-state index contributed by atoms with van der Waals surface area (Å²) in [4.78, 5) is 201. The van der Waals surface area contributed by atoms with Crippen LogP contribution in [0.3, 0.4) is 0 Å². The number of rotatable bonds is 31. The Balaban J connectivity index is 2.02. The van der Waals surface area contributed by atoms with E-state index in [0.717, 1.165) is 0 Å². The van der Waals surface area contributed by atoms with Gasteiger partial charge in [0.1, 0.15) is 84.3 Å². The normalized spacial score (nSPS) is 22.8. The van der Waals surface area contributed by atoms with E-state index in [1.165, 1.54) is 31.7 Å². The van der Waals surface area contributed by atoms with E-state index in [2.05, 4.69) is 63.8 Å². The lowest BCUT2D eigenvalue weighted by atomic mass is 9.95. The molecule has 16 atom stereocenters. The van der Waals surface area contributed by atoms with Crippen molar-refractivity contribution < 1.29 is 77.0 Å². The SMILES string of the molecule is C/C=C1\NC(=O)[C@H](Cc2ccccc2)NC(=O)[C@@H](C(C)C)NC(=O)[C@@H]([C@H](C)CC)NC(=O)[C@H](NC(=O)[C@H](NC(=O)[C@H](CCCN)NC(=O)[C@H]2CCCN2C(=O)[C@H](NC(=O)[C@@H](NC(=O)[C@@H](NC(=O)[C@H](NC(=O)CCC)C(C)C)[C@@H](C)O)C(C)C)C(C)C)[C@H](C)CC)[C@H](C)OC(=O)[C@H](C(C)C)NC1=O. The standard InChI is InChI=1S/C72H118N14O16/c1-19-28-50(88)77-51(36(5)6)65(94)84-58(43(17)87)69(98)79-53(38(9)10)66(95)80-54(39(11)12)71(100)86-34-27-32-49(86)63(92)75-47(31-26-33-73)61(90)82-56(41(15)20-2)68(97)85-59-44(18)102-72(101)55(40(13)14)81-60(89)46(22-4)74-62(91)48(35-45-29-24-23-25-30-45)76-64(93)52(37(7)8)78-67(96)57(42(16)21-3)83-70(59)99/h22-25,29-30,36-44,47-49,51-59,87H,19-21,26-28,31-35,73H2,1-18H3,(H,74,91)(H,75,92)(H,76,93)(H,77,88)(H,78,96)(H,79,98)(H,80,95)(H,81,89)(H,82,90)(H,83,99)(H,84,94)(H,85,97)/b46-22-/t41-,42-,43-,44+,47+,48+,49-,51-,52-,53+,54-,55+,56-,57-,58+,59-/m1/s1. The number of amides is 13. The lowest BCUT2D eigenvalue weighted by molar-refractivity contribution is -0.157. The Bertz CT molecular complexity index is 3090. The number of esters is 1. The Labute approximate surface area is 601 Å². The molecule has 2 aliphatic rings. The molecule has 0 aromatic heterocycles. The van der Waals surface area contributed by atoms with Crippen LogP contribution in [0.25, 0.3) is 0 Å². The number of carbonyl (C=O) groups excluding carboxylic acids is 14. The van der Waals surface area contributed by atoms with E-state index in [-0.39, 0.29) is 63.2 Å². The third-order valence-corrected chi connectivity index (χ3v) is 18.6. The van der Waals surface area contributed by atoms with Gasteiger partial charge in [-0.05, 0) is 106 Å². The molecule has 0 saturated carbocycles. The fourth-order valence-electron chi connectivity index (χ4n) is 11.7. The average Bonchev–Trinajstić information content (AvgIpc) is 1.45. The molecule has 30 nitrogen and oxygen atoms in total. The third kappa shape index (κ3) is 25.8. The number of aliphatic hydroxyl groups excluding tert-OH is 1. The highest BCUT2D eigenvalue weighted by Crippen LogP contribution is 2.23. The molecule has 0 unspecified atom stereocenters. The van der Waals surface area contributed by atoms with Gasteiger partial charge >= 0.3 is 5.97 Å².